The van der Waals surface area contributed by atoms with Crippen LogP contribution in [0.4, 0.5) is 10.5 Å². The highest BCUT2D eigenvalue weighted by Gasteiger charge is 2.10. The fraction of sp³-hybridized carbons (Fsp3) is 0.571. The van der Waals surface area contributed by atoms with Crippen LogP contribution in [0.5, 0.6) is 0 Å². The second-order valence-corrected chi connectivity index (χ2v) is 5.34. The zero-order chi connectivity index (χ0) is 14.2. The number of pyridine rings is 1. The number of carbonyl (C=O) groups is 1. The molecule has 2 rings (SSSR count). The first kappa shape index (κ1) is 15.1. The van der Waals surface area contributed by atoms with Crippen molar-refractivity contribution >= 4 is 23.3 Å². The van der Waals surface area contributed by atoms with Gasteiger partial charge < -0.3 is 15.5 Å². The quantitative estimate of drug-likeness (QED) is 0.627. The number of rotatable bonds is 6. The molecule has 0 aromatic carbocycles. The summed E-state index contributed by atoms with van der Waals surface area (Å²) in [4.78, 5) is 18.1. The molecule has 20 heavy (non-hydrogen) atoms. The topological polar surface area (TPSA) is 57.3 Å². The van der Waals surface area contributed by atoms with Crippen molar-refractivity contribution in [1.82, 2.24) is 15.2 Å². The summed E-state index contributed by atoms with van der Waals surface area (Å²) in [5, 5.41) is 5.82. The maximum absolute atomic E-state index is 11.7. The number of aromatic nitrogens is 1. The molecule has 0 atom stereocenters. The number of urea groups is 1. The van der Waals surface area contributed by atoms with E-state index in [9.17, 15) is 4.79 Å². The molecule has 0 unspecified atom stereocenters. The zero-order valence-corrected chi connectivity index (χ0v) is 12.3. The Morgan fingerprint density at radius 1 is 1.35 bits per heavy atom. The van der Waals surface area contributed by atoms with Crippen molar-refractivity contribution in [2.45, 2.75) is 25.7 Å². The zero-order valence-electron chi connectivity index (χ0n) is 11.6. The van der Waals surface area contributed by atoms with E-state index in [4.69, 9.17) is 11.6 Å². The Balaban J connectivity index is 1.57. The SMILES string of the molecule is O=C(NCCCCN1CCCC1)Nc1cccnc1Cl. The van der Waals surface area contributed by atoms with Gasteiger partial charge in [-0.1, -0.05) is 11.6 Å². The summed E-state index contributed by atoms with van der Waals surface area (Å²) >= 11 is 5.87. The van der Waals surface area contributed by atoms with Crippen LogP contribution in [0, 0.1) is 0 Å². The van der Waals surface area contributed by atoms with Gasteiger partial charge in [-0.15, -0.1) is 0 Å². The van der Waals surface area contributed by atoms with E-state index in [-0.39, 0.29) is 6.03 Å². The summed E-state index contributed by atoms with van der Waals surface area (Å²) in [7, 11) is 0. The van der Waals surface area contributed by atoms with Crippen molar-refractivity contribution in [3.8, 4) is 0 Å². The van der Waals surface area contributed by atoms with Gasteiger partial charge in [-0.05, 0) is 57.5 Å². The van der Waals surface area contributed by atoms with Crippen molar-refractivity contribution in [3.63, 3.8) is 0 Å². The van der Waals surface area contributed by atoms with Crippen molar-refractivity contribution in [2.75, 3.05) is 31.5 Å². The van der Waals surface area contributed by atoms with Crippen LogP contribution in [-0.2, 0) is 0 Å². The van der Waals surface area contributed by atoms with Crippen LogP contribution < -0.4 is 10.6 Å². The molecule has 110 valence electrons. The molecule has 1 aromatic rings. The lowest BCUT2D eigenvalue weighted by Gasteiger charge is -2.14. The summed E-state index contributed by atoms with van der Waals surface area (Å²) in [5.41, 5.74) is 0.531. The molecular formula is C14H21ClN4O. The molecule has 0 spiro atoms. The molecular weight excluding hydrogens is 276 g/mol. The van der Waals surface area contributed by atoms with Gasteiger partial charge in [0.2, 0.25) is 0 Å². The van der Waals surface area contributed by atoms with Gasteiger partial charge in [0, 0.05) is 12.7 Å². The van der Waals surface area contributed by atoms with Crippen LogP contribution in [0.3, 0.4) is 0 Å². The van der Waals surface area contributed by atoms with Gasteiger partial charge in [0.1, 0.15) is 0 Å². The van der Waals surface area contributed by atoms with Gasteiger partial charge in [0.15, 0.2) is 5.15 Å². The van der Waals surface area contributed by atoms with E-state index >= 15 is 0 Å². The highest BCUT2D eigenvalue weighted by Crippen LogP contribution is 2.16. The van der Waals surface area contributed by atoms with Crippen molar-refractivity contribution in [3.05, 3.63) is 23.5 Å². The molecule has 5 nitrogen and oxygen atoms in total. The van der Waals surface area contributed by atoms with Gasteiger partial charge in [0.05, 0.1) is 5.69 Å². The second-order valence-electron chi connectivity index (χ2n) is 4.98. The normalized spacial score (nSPS) is 15.2. The molecule has 0 aliphatic carbocycles. The van der Waals surface area contributed by atoms with E-state index in [0.29, 0.717) is 17.4 Å². The molecule has 0 bridgehead atoms. The number of nitrogens with zero attached hydrogens (tertiary/aromatic N) is 2. The summed E-state index contributed by atoms with van der Waals surface area (Å²) in [6, 6.07) is 3.22. The smallest absolute Gasteiger partial charge is 0.319 e. The van der Waals surface area contributed by atoms with E-state index in [1.165, 1.54) is 25.9 Å². The lowest BCUT2D eigenvalue weighted by Crippen LogP contribution is -2.30. The number of nitrogens with one attached hydrogen (secondary N) is 2. The van der Waals surface area contributed by atoms with Crippen LogP contribution in [0.2, 0.25) is 5.15 Å². The summed E-state index contributed by atoms with van der Waals surface area (Å²) in [5.74, 6) is 0. The Kier molecular flexibility index (Phi) is 6.08. The van der Waals surface area contributed by atoms with E-state index in [2.05, 4.69) is 20.5 Å². The lowest BCUT2D eigenvalue weighted by atomic mass is 10.3. The van der Waals surface area contributed by atoms with Crippen molar-refractivity contribution < 1.29 is 4.79 Å². The average Bonchev–Trinajstić information content (AvgIpc) is 2.94. The maximum atomic E-state index is 11.7. The number of anilines is 1. The molecule has 1 aliphatic rings. The third-order valence-electron chi connectivity index (χ3n) is 3.39. The second kappa shape index (κ2) is 8.07. The monoisotopic (exact) mass is 296 g/mol. The number of likely N-dealkylation sites (tertiary alicyclic amines) is 1. The number of amides is 2. The minimum atomic E-state index is -0.235. The Morgan fingerprint density at radius 2 is 2.15 bits per heavy atom. The number of unbranched alkanes of at least 4 members (excludes halogenated alkanes) is 1. The molecule has 0 radical (unpaired) electrons. The molecule has 1 aromatic heterocycles. The molecule has 1 saturated heterocycles. The van der Waals surface area contributed by atoms with Crippen LogP contribution in [-0.4, -0.2) is 42.1 Å². The van der Waals surface area contributed by atoms with E-state index in [1.54, 1.807) is 18.3 Å². The predicted molar refractivity (Wildman–Crippen MR) is 81.2 cm³/mol. The first-order chi connectivity index (χ1) is 9.75. The highest BCUT2D eigenvalue weighted by molar-refractivity contribution is 6.32. The molecule has 1 fully saturated rings. The largest absolute Gasteiger partial charge is 0.338 e. The minimum Gasteiger partial charge on any atom is -0.338 e. The van der Waals surface area contributed by atoms with Gasteiger partial charge in [0.25, 0.3) is 0 Å². The van der Waals surface area contributed by atoms with E-state index in [0.717, 1.165) is 19.4 Å². The average molecular weight is 297 g/mol. The Bertz CT molecular complexity index is 435. The number of hydrogen-bond donors (Lipinski definition) is 2. The number of halogens is 1. The number of carbonyl (C=O) groups excluding carboxylic acids is 1. The third kappa shape index (κ3) is 4.98. The first-order valence-corrected chi connectivity index (χ1v) is 7.51. The Labute approximate surface area is 124 Å². The van der Waals surface area contributed by atoms with Gasteiger partial charge in [-0.2, -0.15) is 0 Å². The maximum Gasteiger partial charge on any atom is 0.319 e. The fourth-order valence-electron chi connectivity index (χ4n) is 2.31. The van der Waals surface area contributed by atoms with Gasteiger partial charge >= 0.3 is 6.03 Å². The lowest BCUT2D eigenvalue weighted by molar-refractivity contribution is 0.251. The highest BCUT2D eigenvalue weighted by atomic mass is 35.5. The standard InChI is InChI=1S/C14H21ClN4O/c15-13-12(6-5-8-16-13)18-14(20)17-7-1-2-9-19-10-3-4-11-19/h5-6,8H,1-4,7,9-11H2,(H2,17,18,20). The summed E-state index contributed by atoms with van der Waals surface area (Å²) in [6.45, 7) is 4.27. The van der Waals surface area contributed by atoms with Crippen molar-refractivity contribution in [2.24, 2.45) is 0 Å². The van der Waals surface area contributed by atoms with Crippen LogP contribution in [0.1, 0.15) is 25.7 Å². The predicted octanol–water partition coefficient (Wildman–Crippen LogP) is 2.73. The third-order valence-corrected chi connectivity index (χ3v) is 3.69. The Hall–Kier alpha value is -1.33. The van der Waals surface area contributed by atoms with E-state index in [1.807, 2.05) is 0 Å². The summed E-state index contributed by atoms with van der Waals surface area (Å²) < 4.78 is 0. The number of hydrogen-bond acceptors (Lipinski definition) is 3. The molecule has 2 N–H and O–H groups in total. The Morgan fingerprint density at radius 3 is 2.90 bits per heavy atom. The van der Waals surface area contributed by atoms with Crippen LogP contribution >= 0.6 is 11.6 Å². The van der Waals surface area contributed by atoms with Gasteiger partial charge in [-0.25, -0.2) is 9.78 Å². The molecule has 2 amide bonds. The first-order valence-electron chi connectivity index (χ1n) is 7.13. The molecule has 2 heterocycles. The fourth-order valence-corrected chi connectivity index (χ4v) is 2.48. The van der Waals surface area contributed by atoms with Crippen LogP contribution in [0.15, 0.2) is 18.3 Å². The molecule has 6 heteroatoms. The van der Waals surface area contributed by atoms with Crippen molar-refractivity contribution in [1.29, 1.82) is 0 Å². The minimum absolute atomic E-state index is 0.235. The molecule has 1 aliphatic heterocycles. The molecule has 0 saturated carbocycles. The summed E-state index contributed by atoms with van der Waals surface area (Å²) in [6.07, 6.45) is 6.35. The van der Waals surface area contributed by atoms with E-state index < -0.39 is 0 Å². The van der Waals surface area contributed by atoms with Gasteiger partial charge in [-0.3, -0.25) is 0 Å². The van der Waals surface area contributed by atoms with Crippen LogP contribution in [0.25, 0.3) is 0 Å².